The Morgan fingerprint density at radius 3 is 1.44 bits per heavy atom. The first-order valence-corrected chi connectivity index (χ1v) is 11.1. The summed E-state index contributed by atoms with van der Waals surface area (Å²) in [6, 6.07) is 0. The van der Waals surface area contributed by atoms with Gasteiger partial charge in [0.1, 0.15) is 0 Å². The third kappa shape index (κ3) is 33.8. The van der Waals surface area contributed by atoms with Gasteiger partial charge in [-0.15, -0.1) is 0 Å². The van der Waals surface area contributed by atoms with Gasteiger partial charge in [0.25, 0.3) is 0 Å². The number of esters is 1. The van der Waals surface area contributed by atoms with Crippen molar-refractivity contribution in [3.05, 3.63) is 19.6 Å². The molecule has 1 radical (unpaired) electrons. The van der Waals surface area contributed by atoms with Crippen LogP contribution in [0.25, 0.3) is 0 Å². The number of ether oxygens (including phenoxy) is 1. The summed E-state index contributed by atoms with van der Waals surface area (Å²) in [4.78, 5) is 10.3. The molecule has 0 rings (SSSR count). The standard InChI is InChI=1S/C18H37.C6H10O2.Ru/c1-4-5-6-7-8-9-10-11-12-13-14-15-16-17-18(2)3;1-4-6(7)8-5(2)3;/h18H,1,4-17H2,2-3H3;4-5H,1H2,2-3H3;/q-1;;+1. The van der Waals surface area contributed by atoms with Crippen LogP contribution in [0.4, 0.5) is 0 Å². The maximum Gasteiger partial charge on any atom is 1.00 e. The molecule has 0 aromatic carbocycles. The van der Waals surface area contributed by atoms with Crippen molar-refractivity contribution >= 4 is 5.97 Å². The number of carbonyl (C=O) groups is 1. The molecule has 0 aromatic heterocycles. The molecule has 2 nitrogen and oxygen atoms in total. The van der Waals surface area contributed by atoms with E-state index in [9.17, 15) is 4.79 Å². The molecule has 0 amide bonds. The van der Waals surface area contributed by atoms with Gasteiger partial charge in [-0.05, 0) is 19.8 Å². The summed E-state index contributed by atoms with van der Waals surface area (Å²) in [7, 11) is 0. The topological polar surface area (TPSA) is 26.3 Å². The first kappa shape index (κ1) is 31.5. The molecule has 0 aliphatic rings. The second-order valence-electron chi connectivity index (χ2n) is 7.97. The van der Waals surface area contributed by atoms with E-state index in [-0.39, 0.29) is 31.6 Å². The van der Waals surface area contributed by atoms with E-state index in [0.29, 0.717) is 0 Å². The SMILES string of the molecule is C=CC(=O)OC(C)C.[CH2-]CCCCCCCCCCCCCCC(C)C.[Ru+]. The maximum atomic E-state index is 10.3. The van der Waals surface area contributed by atoms with Gasteiger partial charge in [0, 0.05) is 6.08 Å². The van der Waals surface area contributed by atoms with Gasteiger partial charge < -0.3 is 11.7 Å². The second-order valence-corrected chi connectivity index (χ2v) is 7.97. The molecular formula is C24H47O2Ru. The molecular weight excluding hydrogens is 421 g/mol. The van der Waals surface area contributed by atoms with Crippen LogP contribution in [0.15, 0.2) is 12.7 Å². The van der Waals surface area contributed by atoms with Crippen LogP contribution in [0.5, 0.6) is 0 Å². The zero-order chi connectivity index (χ0) is 20.0. The Labute approximate surface area is 184 Å². The fourth-order valence-electron chi connectivity index (χ4n) is 2.78. The molecule has 0 unspecified atom stereocenters. The minimum absolute atomic E-state index is 0. The Morgan fingerprint density at radius 1 is 0.815 bits per heavy atom. The van der Waals surface area contributed by atoms with Gasteiger partial charge in [-0.3, -0.25) is 0 Å². The van der Waals surface area contributed by atoms with E-state index in [1.54, 1.807) is 13.8 Å². The van der Waals surface area contributed by atoms with Crippen molar-refractivity contribution in [3.8, 4) is 0 Å². The van der Waals surface area contributed by atoms with Gasteiger partial charge in [0.15, 0.2) is 0 Å². The van der Waals surface area contributed by atoms with E-state index in [1.165, 1.54) is 83.5 Å². The van der Waals surface area contributed by atoms with Crippen molar-refractivity contribution in [2.45, 2.75) is 124 Å². The van der Waals surface area contributed by atoms with Crippen LogP contribution in [0.2, 0.25) is 0 Å². The van der Waals surface area contributed by atoms with E-state index in [0.717, 1.165) is 18.4 Å². The van der Waals surface area contributed by atoms with E-state index >= 15 is 0 Å². The maximum absolute atomic E-state index is 10.3. The molecule has 0 atom stereocenters. The predicted molar refractivity (Wildman–Crippen MR) is 116 cm³/mol. The van der Waals surface area contributed by atoms with Crippen LogP contribution >= 0.6 is 0 Å². The van der Waals surface area contributed by atoms with Gasteiger partial charge in [0.2, 0.25) is 0 Å². The third-order valence-corrected chi connectivity index (χ3v) is 4.30. The number of carbonyl (C=O) groups excluding carboxylic acids is 1. The van der Waals surface area contributed by atoms with Gasteiger partial charge in [0.05, 0.1) is 6.10 Å². The third-order valence-electron chi connectivity index (χ3n) is 4.30. The van der Waals surface area contributed by atoms with Gasteiger partial charge >= 0.3 is 25.4 Å². The fourth-order valence-corrected chi connectivity index (χ4v) is 2.78. The van der Waals surface area contributed by atoms with Crippen LogP contribution in [0.3, 0.4) is 0 Å². The summed E-state index contributed by atoms with van der Waals surface area (Å²) in [6.07, 6.45) is 21.0. The van der Waals surface area contributed by atoms with Crippen molar-refractivity contribution in [2.24, 2.45) is 5.92 Å². The minimum atomic E-state index is -0.361. The fraction of sp³-hybridized carbons (Fsp3) is 0.833. The van der Waals surface area contributed by atoms with Gasteiger partial charge in [-0.2, -0.15) is 6.42 Å². The zero-order valence-electron chi connectivity index (χ0n) is 18.7. The monoisotopic (exact) mass is 469 g/mol. The van der Waals surface area contributed by atoms with Crippen molar-refractivity contribution in [3.63, 3.8) is 0 Å². The summed E-state index contributed by atoms with van der Waals surface area (Å²) in [6.45, 7) is 15.4. The molecule has 27 heavy (non-hydrogen) atoms. The molecule has 3 heteroatoms. The molecule has 0 bridgehead atoms. The normalized spacial score (nSPS) is 10.2. The van der Waals surface area contributed by atoms with Crippen LogP contribution in [0, 0.1) is 12.8 Å². The quantitative estimate of drug-likeness (QED) is 0.0753. The molecule has 0 heterocycles. The molecule has 163 valence electrons. The summed E-state index contributed by atoms with van der Waals surface area (Å²) < 4.78 is 4.64. The zero-order valence-corrected chi connectivity index (χ0v) is 20.5. The first-order valence-electron chi connectivity index (χ1n) is 11.1. The van der Waals surface area contributed by atoms with Crippen molar-refractivity contribution in [1.29, 1.82) is 0 Å². The summed E-state index contributed by atoms with van der Waals surface area (Å²) in [5.74, 6) is 0.536. The summed E-state index contributed by atoms with van der Waals surface area (Å²) in [5.41, 5.74) is 0. The van der Waals surface area contributed by atoms with Crippen LogP contribution in [0.1, 0.15) is 118 Å². The largest absolute Gasteiger partial charge is 1.00 e. The Morgan fingerprint density at radius 2 is 1.19 bits per heavy atom. The smallest absolute Gasteiger partial charge is 0.460 e. The molecule has 0 N–H and O–H groups in total. The molecule has 0 saturated carbocycles. The van der Waals surface area contributed by atoms with Crippen molar-refractivity contribution < 1.29 is 29.0 Å². The molecule has 0 saturated heterocycles. The minimum Gasteiger partial charge on any atom is -0.460 e. The Kier molecular flexibility index (Phi) is 30.2. The van der Waals surface area contributed by atoms with E-state index in [1.807, 2.05) is 0 Å². The number of hydrogen-bond donors (Lipinski definition) is 0. The average molecular weight is 469 g/mol. The number of unbranched alkanes of at least 4 members (excludes halogenated alkanes) is 12. The Hall–Kier alpha value is -0.167. The molecule has 0 aromatic rings. The molecule has 0 aliphatic heterocycles. The predicted octanol–water partition coefficient (Wildman–Crippen LogP) is 8.06. The van der Waals surface area contributed by atoms with Gasteiger partial charge in [-0.1, -0.05) is 104 Å². The van der Waals surface area contributed by atoms with E-state index in [2.05, 4.69) is 32.1 Å². The summed E-state index contributed by atoms with van der Waals surface area (Å²) >= 11 is 0. The van der Waals surface area contributed by atoms with E-state index in [4.69, 9.17) is 0 Å². The average Bonchev–Trinajstić information content (AvgIpc) is 2.58. The Balaban J connectivity index is -0.000000542. The first-order chi connectivity index (χ1) is 12.4. The van der Waals surface area contributed by atoms with Gasteiger partial charge in [-0.25, -0.2) is 4.79 Å². The Bertz CT molecular complexity index is 301. The molecule has 0 spiro atoms. The van der Waals surface area contributed by atoms with E-state index < -0.39 is 0 Å². The van der Waals surface area contributed by atoms with Crippen molar-refractivity contribution in [2.75, 3.05) is 0 Å². The van der Waals surface area contributed by atoms with Crippen LogP contribution < -0.4 is 0 Å². The van der Waals surface area contributed by atoms with Crippen LogP contribution in [-0.4, -0.2) is 12.1 Å². The second kappa shape index (κ2) is 25.8. The van der Waals surface area contributed by atoms with Crippen molar-refractivity contribution in [1.82, 2.24) is 0 Å². The number of hydrogen-bond acceptors (Lipinski definition) is 2. The molecule has 0 aliphatic carbocycles. The summed E-state index contributed by atoms with van der Waals surface area (Å²) in [5, 5.41) is 0. The van der Waals surface area contributed by atoms with Crippen LogP contribution in [-0.2, 0) is 29.0 Å². The number of rotatable bonds is 16. The molecule has 0 fully saturated rings.